The minimum absolute atomic E-state index is 0.237. The number of carbonyl (C=O) groups excluding carboxylic acids is 2. The first-order valence-electron chi connectivity index (χ1n) is 12.0. The molecule has 37 heavy (non-hydrogen) atoms. The molecule has 2 aliphatic carbocycles. The van der Waals surface area contributed by atoms with Crippen molar-refractivity contribution in [3.05, 3.63) is 60.5 Å². The SMILES string of the molecule is COCCOc1cc2ncnc(Nc3ccc(OCC4CC4)c(C4=CC(=O)C=CC4=O)c3)c2cc1OC. The number of allylic oxidation sites excluding steroid dienone is 4. The zero-order valence-corrected chi connectivity index (χ0v) is 20.7. The van der Waals surface area contributed by atoms with Crippen LogP contribution in [0.4, 0.5) is 11.5 Å². The molecule has 2 aromatic carbocycles. The molecule has 0 radical (unpaired) electrons. The summed E-state index contributed by atoms with van der Waals surface area (Å²) in [5, 5.41) is 4.04. The number of anilines is 2. The first kappa shape index (κ1) is 24.5. The fourth-order valence-corrected chi connectivity index (χ4v) is 3.96. The molecular formula is C28H27N3O6. The summed E-state index contributed by atoms with van der Waals surface area (Å²) >= 11 is 0. The molecule has 0 amide bonds. The molecule has 2 aliphatic rings. The number of carbonyl (C=O) groups is 2. The highest BCUT2D eigenvalue weighted by atomic mass is 16.5. The summed E-state index contributed by atoms with van der Waals surface area (Å²) in [5.74, 6) is 2.25. The van der Waals surface area contributed by atoms with Crippen LogP contribution in [0.1, 0.15) is 18.4 Å². The summed E-state index contributed by atoms with van der Waals surface area (Å²) in [4.78, 5) is 33.5. The molecule has 0 bridgehead atoms. The number of methoxy groups -OCH3 is 2. The molecule has 1 fully saturated rings. The minimum atomic E-state index is -0.244. The van der Waals surface area contributed by atoms with Crippen molar-refractivity contribution >= 4 is 39.5 Å². The van der Waals surface area contributed by atoms with Crippen LogP contribution < -0.4 is 19.5 Å². The predicted octanol–water partition coefficient (Wildman–Crippen LogP) is 4.29. The second-order valence-corrected chi connectivity index (χ2v) is 8.83. The predicted molar refractivity (Wildman–Crippen MR) is 139 cm³/mol. The van der Waals surface area contributed by atoms with E-state index in [1.807, 2.05) is 18.2 Å². The second-order valence-electron chi connectivity index (χ2n) is 8.83. The van der Waals surface area contributed by atoms with E-state index in [1.165, 1.54) is 24.6 Å². The molecule has 0 aliphatic heterocycles. The van der Waals surface area contributed by atoms with Crippen LogP contribution in [0, 0.1) is 5.92 Å². The third-order valence-corrected chi connectivity index (χ3v) is 6.12. The molecule has 9 nitrogen and oxygen atoms in total. The van der Waals surface area contributed by atoms with E-state index >= 15 is 0 Å². The van der Waals surface area contributed by atoms with Gasteiger partial charge in [-0.2, -0.15) is 0 Å². The van der Waals surface area contributed by atoms with Gasteiger partial charge in [0, 0.05) is 35.4 Å². The van der Waals surface area contributed by atoms with Crippen LogP contribution in [-0.4, -0.2) is 55.6 Å². The van der Waals surface area contributed by atoms with Crippen LogP contribution in [0.3, 0.4) is 0 Å². The maximum Gasteiger partial charge on any atom is 0.186 e. The highest BCUT2D eigenvalue weighted by Crippen LogP contribution is 2.37. The zero-order valence-electron chi connectivity index (χ0n) is 20.7. The van der Waals surface area contributed by atoms with E-state index < -0.39 is 0 Å². The standard InChI is InChI=1S/C28H27N3O6/c1-34-9-10-36-27-14-23-22(13-26(27)35-2)28(30-16-29-23)31-18-5-8-25(37-15-17-3-4-17)21(11-18)20-12-19(32)6-7-24(20)33/h5-8,11-14,16-17H,3-4,9-10,15H2,1-2H3,(H,29,30,31). The van der Waals surface area contributed by atoms with Crippen molar-refractivity contribution in [2.75, 3.05) is 39.4 Å². The Morgan fingerprint density at radius 1 is 0.946 bits per heavy atom. The van der Waals surface area contributed by atoms with E-state index in [1.54, 1.807) is 26.4 Å². The number of ether oxygens (including phenoxy) is 4. The molecule has 0 atom stereocenters. The number of benzene rings is 2. The Kier molecular flexibility index (Phi) is 7.14. The normalized spacial score (nSPS) is 15.0. The maximum absolute atomic E-state index is 12.6. The number of hydrogen-bond donors (Lipinski definition) is 1. The number of nitrogens with zero attached hydrogens (tertiary/aromatic N) is 2. The average molecular weight is 502 g/mol. The van der Waals surface area contributed by atoms with Crippen molar-refractivity contribution < 1.29 is 28.5 Å². The molecule has 190 valence electrons. The Balaban J connectivity index is 1.49. The van der Waals surface area contributed by atoms with Crippen molar-refractivity contribution in [1.29, 1.82) is 0 Å². The number of nitrogens with one attached hydrogen (secondary N) is 1. The lowest BCUT2D eigenvalue weighted by Gasteiger charge is -2.17. The number of aromatic nitrogens is 2. The molecule has 1 aromatic heterocycles. The van der Waals surface area contributed by atoms with Crippen LogP contribution in [-0.2, 0) is 14.3 Å². The van der Waals surface area contributed by atoms with Crippen LogP contribution in [0.15, 0.2) is 54.9 Å². The van der Waals surface area contributed by atoms with Crippen LogP contribution in [0.25, 0.3) is 16.5 Å². The highest BCUT2D eigenvalue weighted by molar-refractivity contribution is 6.34. The smallest absolute Gasteiger partial charge is 0.186 e. The summed E-state index contributed by atoms with van der Waals surface area (Å²) in [6.07, 6.45) is 7.65. The van der Waals surface area contributed by atoms with Crippen molar-refractivity contribution in [3.63, 3.8) is 0 Å². The van der Waals surface area contributed by atoms with Crippen molar-refractivity contribution in [2.24, 2.45) is 5.92 Å². The number of ketones is 2. The van der Waals surface area contributed by atoms with Gasteiger partial charge >= 0.3 is 0 Å². The maximum atomic E-state index is 12.6. The fraction of sp³-hybridized carbons (Fsp3) is 0.286. The molecule has 5 rings (SSSR count). The Labute approximate surface area is 214 Å². The summed E-state index contributed by atoms with van der Waals surface area (Å²) in [6.45, 7) is 1.40. The van der Waals surface area contributed by atoms with Gasteiger partial charge in [0.2, 0.25) is 0 Å². The summed E-state index contributed by atoms with van der Waals surface area (Å²) in [6, 6.07) is 9.06. The van der Waals surface area contributed by atoms with Gasteiger partial charge in [-0.1, -0.05) is 0 Å². The van der Waals surface area contributed by atoms with Gasteiger partial charge in [0.15, 0.2) is 23.1 Å². The highest BCUT2D eigenvalue weighted by Gasteiger charge is 2.24. The van der Waals surface area contributed by atoms with E-state index in [9.17, 15) is 9.59 Å². The van der Waals surface area contributed by atoms with Crippen molar-refractivity contribution in [2.45, 2.75) is 12.8 Å². The molecular weight excluding hydrogens is 474 g/mol. The molecule has 9 heteroatoms. The van der Waals surface area contributed by atoms with Gasteiger partial charge in [-0.25, -0.2) is 9.97 Å². The minimum Gasteiger partial charge on any atom is -0.493 e. The van der Waals surface area contributed by atoms with E-state index in [4.69, 9.17) is 18.9 Å². The van der Waals surface area contributed by atoms with Crippen LogP contribution in [0.5, 0.6) is 17.2 Å². The van der Waals surface area contributed by atoms with Crippen LogP contribution in [0.2, 0.25) is 0 Å². The summed E-state index contributed by atoms with van der Waals surface area (Å²) < 4.78 is 22.4. The second kappa shape index (κ2) is 10.8. The van der Waals surface area contributed by atoms with E-state index in [-0.39, 0.29) is 11.6 Å². The Bertz CT molecular complexity index is 1410. The zero-order chi connectivity index (χ0) is 25.8. The largest absolute Gasteiger partial charge is 0.493 e. The van der Waals surface area contributed by atoms with Crippen molar-refractivity contribution in [3.8, 4) is 17.2 Å². The van der Waals surface area contributed by atoms with Gasteiger partial charge in [0.25, 0.3) is 0 Å². The van der Waals surface area contributed by atoms with E-state index in [0.29, 0.717) is 71.1 Å². The van der Waals surface area contributed by atoms with Crippen molar-refractivity contribution in [1.82, 2.24) is 9.97 Å². The molecule has 3 aromatic rings. The third kappa shape index (κ3) is 5.62. The topological polar surface area (TPSA) is 109 Å². The molecule has 0 saturated heterocycles. The molecule has 0 unspecified atom stereocenters. The molecule has 1 saturated carbocycles. The van der Waals surface area contributed by atoms with Gasteiger partial charge < -0.3 is 24.3 Å². The number of rotatable bonds is 11. The van der Waals surface area contributed by atoms with E-state index in [0.717, 1.165) is 18.2 Å². The molecule has 0 spiro atoms. The van der Waals surface area contributed by atoms with Gasteiger partial charge in [-0.05, 0) is 61.3 Å². The summed E-state index contributed by atoms with van der Waals surface area (Å²) in [7, 11) is 3.18. The van der Waals surface area contributed by atoms with Gasteiger partial charge in [-0.3, -0.25) is 9.59 Å². The Hall–Kier alpha value is -4.24. The lowest BCUT2D eigenvalue weighted by atomic mass is 9.95. The molecule has 1 heterocycles. The summed E-state index contributed by atoms with van der Waals surface area (Å²) in [5.41, 5.74) is 2.19. The quantitative estimate of drug-likeness (QED) is 0.304. The third-order valence-electron chi connectivity index (χ3n) is 6.12. The molecule has 1 N–H and O–H groups in total. The fourth-order valence-electron chi connectivity index (χ4n) is 3.96. The lowest BCUT2D eigenvalue weighted by molar-refractivity contribution is -0.113. The first-order chi connectivity index (χ1) is 18.1. The van der Waals surface area contributed by atoms with E-state index in [2.05, 4.69) is 15.3 Å². The van der Waals surface area contributed by atoms with Gasteiger partial charge in [0.05, 0.1) is 25.8 Å². The Morgan fingerprint density at radius 2 is 1.81 bits per heavy atom. The Morgan fingerprint density at radius 3 is 2.59 bits per heavy atom. The first-order valence-corrected chi connectivity index (χ1v) is 12.0. The monoisotopic (exact) mass is 501 g/mol. The lowest BCUT2D eigenvalue weighted by Crippen LogP contribution is -2.10. The van der Waals surface area contributed by atoms with Gasteiger partial charge in [-0.15, -0.1) is 0 Å². The number of hydrogen-bond acceptors (Lipinski definition) is 9. The van der Waals surface area contributed by atoms with Gasteiger partial charge in [0.1, 0.15) is 24.5 Å². The van der Waals surface area contributed by atoms with Crippen LogP contribution >= 0.6 is 0 Å². The number of fused-ring (bicyclic) bond motifs is 1. The average Bonchev–Trinajstić information content (AvgIpc) is 3.74.